The van der Waals surface area contributed by atoms with Crippen molar-refractivity contribution in [2.75, 3.05) is 4.90 Å². The summed E-state index contributed by atoms with van der Waals surface area (Å²) in [5.41, 5.74) is -0.405. The van der Waals surface area contributed by atoms with Crippen LogP contribution in [0.15, 0.2) is 48.5 Å². The van der Waals surface area contributed by atoms with Gasteiger partial charge in [-0.05, 0) is 72.7 Å². The van der Waals surface area contributed by atoms with Crippen molar-refractivity contribution >= 4 is 34.7 Å². The van der Waals surface area contributed by atoms with Crippen molar-refractivity contribution in [3.63, 3.8) is 0 Å². The molecule has 0 saturated heterocycles. The van der Waals surface area contributed by atoms with E-state index < -0.39 is 23.4 Å². The summed E-state index contributed by atoms with van der Waals surface area (Å²) in [5.74, 6) is -0.0613. The molecule has 8 nitrogen and oxygen atoms in total. The molecule has 8 heteroatoms. The second-order valence-electron chi connectivity index (χ2n) is 9.62. The van der Waals surface area contributed by atoms with E-state index in [0.717, 1.165) is 4.90 Å². The maximum Gasteiger partial charge on any atom is 0.425 e. The Morgan fingerprint density at radius 1 is 0.818 bits per heavy atom. The predicted octanol–water partition coefficient (Wildman–Crippen LogP) is 5.90. The molecule has 3 rings (SSSR count). The summed E-state index contributed by atoms with van der Waals surface area (Å²) in [4.78, 5) is 39.8. The number of Topliss-reactive ketones (excluding diaryl/α,β-unsaturated/α-hetero) is 1. The smallest absolute Gasteiger partial charge is 0.425 e. The van der Waals surface area contributed by atoms with E-state index in [1.807, 2.05) is 18.2 Å². The summed E-state index contributed by atoms with van der Waals surface area (Å²) in [5, 5.41) is 5.05. The number of nitrogens with zero attached hydrogens (tertiary/aromatic N) is 3. The van der Waals surface area contributed by atoms with Gasteiger partial charge in [-0.2, -0.15) is 10.00 Å². The summed E-state index contributed by atoms with van der Waals surface area (Å²) in [6.07, 6.45) is -1.83. The van der Waals surface area contributed by atoms with Gasteiger partial charge in [0.15, 0.2) is 11.6 Å². The van der Waals surface area contributed by atoms with E-state index in [2.05, 4.69) is 5.10 Å². The number of ether oxygens (including phenoxy) is 2. The van der Waals surface area contributed by atoms with E-state index in [9.17, 15) is 14.4 Å². The molecule has 0 N–H and O–H groups in total. The lowest BCUT2D eigenvalue weighted by Gasteiger charge is -2.28. The first kappa shape index (κ1) is 24.0. The molecular formula is C25H29N3O5. The zero-order valence-electron chi connectivity index (χ0n) is 20.0. The van der Waals surface area contributed by atoms with Gasteiger partial charge < -0.3 is 9.47 Å². The van der Waals surface area contributed by atoms with E-state index >= 15 is 0 Å². The molecule has 0 fully saturated rings. The fourth-order valence-electron chi connectivity index (χ4n) is 3.20. The number of imide groups is 1. The Kier molecular flexibility index (Phi) is 6.31. The number of amides is 2. The van der Waals surface area contributed by atoms with Crippen LogP contribution in [0.5, 0.6) is 0 Å². The number of benzene rings is 2. The van der Waals surface area contributed by atoms with Gasteiger partial charge in [0.05, 0.1) is 5.69 Å². The molecule has 0 spiro atoms. The average molecular weight is 452 g/mol. The molecule has 0 aliphatic carbocycles. The van der Waals surface area contributed by atoms with E-state index in [1.54, 1.807) is 71.9 Å². The Morgan fingerprint density at radius 2 is 1.36 bits per heavy atom. The van der Waals surface area contributed by atoms with Crippen LogP contribution in [0, 0.1) is 0 Å². The fraction of sp³-hybridized carbons (Fsp3) is 0.360. The zero-order chi connectivity index (χ0) is 24.6. The summed E-state index contributed by atoms with van der Waals surface area (Å²) >= 11 is 0. The third-order valence-corrected chi connectivity index (χ3v) is 4.42. The third-order valence-electron chi connectivity index (χ3n) is 4.42. The van der Waals surface area contributed by atoms with Crippen molar-refractivity contribution in [3.8, 4) is 5.69 Å². The number of ketones is 1. The zero-order valence-corrected chi connectivity index (χ0v) is 20.0. The molecule has 0 aliphatic heterocycles. The minimum atomic E-state index is -0.913. The van der Waals surface area contributed by atoms with Gasteiger partial charge in [-0.25, -0.2) is 14.3 Å². The van der Waals surface area contributed by atoms with Crippen molar-refractivity contribution in [1.29, 1.82) is 0 Å². The van der Waals surface area contributed by atoms with Crippen molar-refractivity contribution in [1.82, 2.24) is 9.78 Å². The molecule has 0 atom stereocenters. The Hall–Kier alpha value is -3.68. The normalized spacial score (nSPS) is 11.8. The molecule has 0 unspecified atom stereocenters. The van der Waals surface area contributed by atoms with Crippen molar-refractivity contribution in [3.05, 3.63) is 54.1 Å². The minimum Gasteiger partial charge on any atom is -0.443 e. The van der Waals surface area contributed by atoms with Gasteiger partial charge in [-0.1, -0.05) is 24.3 Å². The van der Waals surface area contributed by atoms with E-state index in [1.165, 1.54) is 11.6 Å². The van der Waals surface area contributed by atoms with Crippen LogP contribution in [0.1, 0.15) is 58.8 Å². The molecule has 2 aromatic carbocycles. The standard InChI is InChI=1S/C25H29N3O5/c1-16(29)18-14-11-15-19-20(18)26-28(17-12-9-8-10-13-17)21(19)27(22(30)32-24(2,3)4)23(31)33-25(5,6)7/h8-15H,1-7H3. The van der Waals surface area contributed by atoms with E-state index in [-0.39, 0.29) is 11.6 Å². The number of anilines is 1. The van der Waals surface area contributed by atoms with Crippen LogP contribution in [0.25, 0.3) is 16.6 Å². The highest BCUT2D eigenvalue weighted by Crippen LogP contribution is 2.34. The highest BCUT2D eigenvalue weighted by atomic mass is 16.6. The largest absolute Gasteiger partial charge is 0.443 e. The molecule has 1 aromatic heterocycles. The Labute approximate surface area is 193 Å². The Bertz CT molecular complexity index is 1170. The predicted molar refractivity (Wildman–Crippen MR) is 126 cm³/mol. The number of carbonyl (C=O) groups excluding carboxylic acids is 3. The summed E-state index contributed by atoms with van der Waals surface area (Å²) in [7, 11) is 0. The van der Waals surface area contributed by atoms with Gasteiger partial charge in [0.1, 0.15) is 16.7 Å². The Morgan fingerprint density at radius 3 is 1.85 bits per heavy atom. The summed E-state index contributed by atoms with van der Waals surface area (Å²) < 4.78 is 12.6. The quantitative estimate of drug-likeness (QED) is 0.460. The number of hydrogen-bond acceptors (Lipinski definition) is 6. The first-order valence-corrected chi connectivity index (χ1v) is 10.6. The lowest BCUT2D eigenvalue weighted by atomic mass is 10.1. The molecule has 174 valence electrons. The second kappa shape index (κ2) is 8.69. The molecular weight excluding hydrogens is 422 g/mol. The minimum absolute atomic E-state index is 0.128. The fourth-order valence-corrected chi connectivity index (χ4v) is 3.20. The van der Waals surface area contributed by atoms with Gasteiger partial charge >= 0.3 is 12.2 Å². The number of aromatic nitrogens is 2. The average Bonchev–Trinajstić information content (AvgIpc) is 3.05. The lowest BCUT2D eigenvalue weighted by molar-refractivity contribution is 0.0428. The summed E-state index contributed by atoms with van der Waals surface area (Å²) in [6, 6.07) is 14.1. The number of hydrogen-bond donors (Lipinski definition) is 0. The van der Waals surface area contributed by atoms with Crippen LogP contribution in [0.2, 0.25) is 0 Å². The third kappa shape index (κ3) is 5.39. The second-order valence-corrected chi connectivity index (χ2v) is 9.62. The van der Waals surface area contributed by atoms with Gasteiger partial charge in [-0.3, -0.25) is 4.79 Å². The number of fused-ring (bicyclic) bond motifs is 1. The maximum atomic E-state index is 13.3. The first-order valence-electron chi connectivity index (χ1n) is 10.6. The first-order chi connectivity index (χ1) is 15.3. The molecule has 0 aliphatic rings. The molecule has 0 radical (unpaired) electrons. The topological polar surface area (TPSA) is 90.7 Å². The monoisotopic (exact) mass is 451 g/mol. The van der Waals surface area contributed by atoms with Crippen molar-refractivity contribution in [2.45, 2.75) is 59.7 Å². The molecule has 3 aromatic rings. The maximum absolute atomic E-state index is 13.3. The van der Waals surface area contributed by atoms with Crippen molar-refractivity contribution in [2.24, 2.45) is 0 Å². The highest BCUT2D eigenvalue weighted by Gasteiger charge is 2.37. The van der Waals surface area contributed by atoms with Crippen LogP contribution < -0.4 is 4.90 Å². The summed E-state index contributed by atoms with van der Waals surface area (Å²) in [6.45, 7) is 11.7. The number of rotatable bonds is 3. The molecule has 0 bridgehead atoms. The molecule has 33 heavy (non-hydrogen) atoms. The van der Waals surface area contributed by atoms with Gasteiger partial charge in [0.2, 0.25) is 0 Å². The van der Waals surface area contributed by atoms with Gasteiger partial charge in [0, 0.05) is 10.9 Å². The molecule has 0 saturated carbocycles. The SMILES string of the molecule is CC(=O)c1cccc2c(N(C(=O)OC(C)(C)C)C(=O)OC(C)(C)C)n(-c3ccccc3)nc12. The number of carbonyl (C=O) groups is 3. The van der Waals surface area contributed by atoms with Crippen LogP contribution in [-0.2, 0) is 9.47 Å². The van der Waals surface area contributed by atoms with E-state index in [0.29, 0.717) is 22.2 Å². The van der Waals surface area contributed by atoms with Crippen molar-refractivity contribution < 1.29 is 23.9 Å². The van der Waals surface area contributed by atoms with Gasteiger partial charge in [0.25, 0.3) is 0 Å². The van der Waals surface area contributed by atoms with Crippen LogP contribution in [0.3, 0.4) is 0 Å². The molecule has 2 amide bonds. The Balaban J connectivity index is 2.35. The highest BCUT2D eigenvalue weighted by molar-refractivity contribution is 6.16. The van der Waals surface area contributed by atoms with Crippen LogP contribution >= 0.6 is 0 Å². The lowest BCUT2D eigenvalue weighted by Crippen LogP contribution is -2.44. The van der Waals surface area contributed by atoms with Gasteiger partial charge in [-0.15, -0.1) is 0 Å². The van der Waals surface area contributed by atoms with E-state index in [4.69, 9.17) is 9.47 Å². The molecule has 1 heterocycles. The number of para-hydroxylation sites is 1. The van der Waals surface area contributed by atoms with Crippen LogP contribution in [0.4, 0.5) is 15.4 Å². The van der Waals surface area contributed by atoms with Crippen LogP contribution in [-0.4, -0.2) is 39.0 Å².